The number of amides is 1. The molecule has 1 saturated heterocycles. The fraction of sp³-hybridized carbons (Fsp3) is 0.400. The summed E-state index contributed by atoms with van der Waals surface area (Å²) < 4.78 is 0. The van der Waals surface area contributed by atoms with Crippen LogP contribution in [-0.4, -0.2) is 52.2 Å². The minimum atomic E-state index is 0.0587. The molecular formula is C15H19N5O. The zero-order chi connectivity index (χ0) is 14.8. The van der Waals surface area contributed by atoms with Gasteiger partial charge in [0.1, 0.15) is 0 Å². The molecule has 1 fully saturated rings. The molecule has 0 spiro atoms. The third-order valence-corrected chi connectivity index (χ3v) is 3.88. The Morgan fingerprint density at radius 2 is 2.00 bits per heavy atom. The van der Waals surface area contributed by atoms with Crippen molar-refractivity contribution in [3.8, 4) is 0 Å². The van der Waals surface area contributed by atoms with Crippen molar-refractivity contribution in [2.45, 2.75) is 13.8 Å². The SMILES string of the molecule is Cc1n[nH]c(C)c1N1CCN(C(=O)c2cccnc2)CC1. The average molecular weight is 285 g/mol. The fourth-order valence-corrected chi connectivity index (χ4v) is 2.82. The van der Waals surface area contributed by atoms with Crippen molar-refractivity contribution in [3.05, 3.63) is 41.5 Å². The Morgan fingerprint density at radius 3 is 2.57 bits per heavy atom. The molecule has 0 aliphatic carbocycles. The van der Waals surface area contributed by atoms with Crippen LogP contribution in [0.15, 0.2) is 24.5 Å². The minimum absolute atomic E-state index is 0.0587. The number of pyridine rings is 1. The van der Waals surface area contributed by atoms with Crippen molar-refractivity contribution in [2.75, 3.05) is 31.1 Å². The Balaban J connectivity index is 1.67. The first-order chi connectivity index (χ1) is 10.2. The molecule has 3 rings (SSSR count). The summed E-state index contributed by atoms with van der Waals surface area (Å²) in [6, 6.07) is 3.60. The van der Waals surface area contributed by atoms with Gasteiger partial charge < -0.3 is 9.80 Å². The van der Waals surface area contributed by atoms with Gasteiger partial charge >= 0.3 is 0 Å². The number of piperazine rings is 1. The second-order valence-electron chi connectivity index (χ2n) is 5.30. The Kier molecular flexibility index (Phi) is 3.60. The number of H-pyrrole nitrogens is 1. The highest BCUT2D eigenvalue weighted by molar-refractivity contribution is 5.94. The number of hydrogen-bond acceptors (Lipinski definition) is 4. The first-order valence-corrected chi connectivity index (χ1v) is 7.12. The number of rotatable bonds is 2. The molecule has 0 radical (unpaired) electrons. The molecule has 110 valence electrons. The van der Waals surface area contributed by atoms with E-state index >= 15 is 0 Å². The molecule has 21 heavy (non-hydrogen) atoms. The Hall–Kier alpha value is -2.37. The fourth-order valence-electron chi connectivity index (χ4n) is 2.82. The maximum atomic E-state index is 12.4. The van der Waals surface area contributed by atoms with Crippen LogP contribution in [0.1, 0.15) is 21.7 Å². The smallest absolute Gasteiger partial charge is 0.255 e. The highest BCUT2D eigenvalue weighted by Crippen LogP contribution is 2.23. The van der Waals surface area contributed by atoms with E-state index in [2.05, 4.69) is 20.1 Å². The van der Waals surface area contributed by atoms with Gasteiger partial charge in [-0.2, -0.15) is 5.10 Å². The topological polar surface area (TPSA) is 65.1 Å². The Morgan fingerprint density at radius 1 is 1.24 bits per heavy atom. The van der Waals surface area contributed by atoms with Crippen molar-refractivity contribution in [2.24, 2.45) is 0 Å². The summed E-state index contributed by atoms with van der Waals surface area (Å²) in [4.78, 5) is 20.6. The molecule has 1 aliphatic heterocycles. The molecule has 1 amide bonds. The first kappa shape index (κ1) is 13.6. The van der Waals surface area contributed by atoms with Gasteiger partial charge in [0.15, 0.2) is 0 Å². The van der Waals surface area contributed by atoms with Crippen molar-refractivity contribution in [3.63, 3.8) is 0 Å². The van der Waals surface area contributed by atoms with Crippen LogP contribution in [0.2, 0.25) is 0 Å². The Labute approximate surface area is 123 Å². The van der Waals surface area contributed by atoms with Crippen molar-refractivity contribution in [1.29, 1.82) is 0 Å². The van der Waals surface area contributed by atoms with E-state index in [1.54, 1.807) is 18.5 Å². The van der Waals surface area contributed by atoms with Crippen LogP contribution < -0.4 is 4.90 Å². The number of anilines is 1. The lowest BCUT2D eigenvalue weighted by Crippen LogP contribution is -2.49. The molecule has 1 aliphatic rings. The van der Waals surface area contributed by atoms with Gasteiger partial charge in [-0.1, -0.05) is 0 Å². The van der Waals surface area contributed by atoms with Gasteiger partial charge in [-0.3, -0.25) is 14.9 Å². The normalized spacial score (nSPS) is 15.3. The summed E-state index contributed by atoms with van der Waals surface area (Å²) in [6.07, 6.45) is 3.30. The van der Waals surface area contributed by atoms with Crippen LogP contribution in [-0.2, 0) is 0 Å². The second-order valence-corrected chi connectivity index (χ2v) is 5.30. The van der Waals surface area contributed by atoms with Gasteiger partial charge in [0.2, 0.25) is 0 Å². The van der Waals surface area contributed by atoms with Gasteiger partial charge in [0, 0.05) is 38.6 Å². The summed E-state index contributed by atoms with van der Waals surface area (Å²) in [5.41, 5.74) is 3.92. The van der Waals surface area contributed by atoms with Gasteiger partial charge in [-0.15, -0.1) is 0 Å². The van der Waals surface area contributed by atoms with E-state index in [1.807, 2.05) is 24.8 Å². The predicted octanol–water partition coefficient (Wildman–Crippen LogP) is 1.38. The monoisotopic (exact) mass is 285 g/mol. The average Bonchev–Trinajstić information content (AvgIpc) is 2.87. The minimum Gasteiger partial charge on any atom is -0.365 e. The van der Waals surface area contributed by atoms with Gasteiger partial charge in [-0.25, -0.2) is 0 Å². The highest BCUT2D eigenvalue weighted by Gasteiger charge is 2.24. The van der Waals surface area contributed by atoms with E-state index in [4.69, 9.17) is 0 Å². The van der Waals surface area contributed by atoms with Gasteiger partial charge in [0.05, 0.1) is 22.6 Å². The van der Waals surface area contributed by atoms with Crippen LogP contribution >= 0.6 is 0 Å². The van der Waals surface area contributed by atoms with E-state index < -0.39 is 0 Å². The molecule has 2 aromatic heterocycles. The molecule has 0 bridgehead atoms. The largest absolute Gasteiger partial charge is 0.365 e. The van der Waals surface area contributed by atoms with Gasteiger partial charge in [-0.05, 0) is 26.0 Å². The molecule has 6 heteroatoms. The molecule has 0 saturated carbocycles. The van der Waals surface area contributed by atoms with E-state index in [9.17, 15) is 4.79 Å². The number of carbonyl (C=O) groups excluding carboxylic acids is 1. The maximum Gasteiger partial charge on any atom is 0.255 e. The number of aromatic nitrogens is 3. The summed E-state index contributed by atoms with van der Waals surface area (Å²) in [7, 11) is 0. The summed E-state index contributed by atoms with van der Waals surface area (Å²) in [5, 5.41) is 7.25. The summed E-state index contributed by atoms with van der Waals surface area (Å²) >= 11 is 0. The lowest BCUT2D eigenvalue weighted by molar-refractivity contribution is 0.0746. The highest BCUT2D eigenvalue weighted by atomic mass is 16.2. The molecule has 0 aromatic carbocycles. The van der Waals surface area contributed by atoms with E-state index in [0.29, 0.717) is 5.56 Å². The summed E-state index contributed by atoms with van der Waals surface area (Å²) in [6.45, 7) is 7.13. The van der Waals surface area contributed by atoms with Crippen LogP contribution in [0.3, 0.4) is 0 Å². The van der Waals surface area contributed by atoms with E-state index in [1.165, 1.54) is 5.69 Å². The van der Waals surface area contributed by atoms with Crippen molar-refractivity contribution >= 4 is 11.6 Å². The summed E-state index contributed by atoms with van der Waals surface area (Å²) in [5.74, 6) is 0.0587. The maximum absolute atomic E-state index is 12.4. The lowest BCUT2D eigenvalue weighted by atomic mass is 10.2. The van der Waals surface area contributed by atoms with Crippen molar-refractivity contribution in [1.82, 2.24) is 20.1 Å². The molecule has 3 heterocycles. The number of carbonyl (C=O) groups is 1. The Bertz CT molecular complexity index is 609. The third-order valence-electron chi connectivity index (χ3n) is 3.88. The molecule has 6 nitrogen and oxygen atoms in total. The molecule has 0 atom stereocenters. The zero-order valence-electron chi connectivity index (χ0n) is 12.3. The standard InChI is InChI=1S/C15H19N5O/c1-11-14(12(2)18-17-11)19-6-8-20(9-7-19)15(21)13-4-3-5-16-10-13/h3-5,10H,6-9H2,1-2H3,(H,17,18). The second kappa shape index (κ2) is 5.55. The molecule has 2 aromatic rings. The first-order valence-electron chi connectivity index (χ1n) is 7.12. The van der Waals surface area contributed by atoms with Crippen LogP contribution in [0.5, 0.6) is 0 Å². The number of hydrogen-bond donors (Lipinski definition) is 1. The molecule has 0 unspecified atom stereocenters. The third kappa shape index (κ3) is 2.61. The van der Waals surface area contributed by atoms with Crippen LogP contribution in [0.4, 0.5) is 5.69 Å². The van der Waals surface area contributed by atoms with Crippen LogP contribution in [0, 0.1) is 13.8 Å². The number of nitrogens with one attached hydrogen (secondary N) is 1. The van der Waals surface area contributed by atoms with E-state index in [-0.39, 0.29) is 5.91 Å². The van der Waals surface area contributed by atoms with Gasteiger partial charge in [0.25, 0.3) is 5.91 Å². The van der Waals surface area contributed by atoms with Crippen molar-refractivity contribution < 1.29 is 4.79 Å². The quantitative estimate of drug-likeness (QED) is 0.905. The van der Waals surface area contributed by atoms with Crippen LogP contribution in [0.25, 0.3) is 0 Å². The number of nitrogens with zero attached hydrogens (tertiary/aromatic N) is 4. The number of aryl methyl sites for hydroxylation is 2. The molecular weight excluding hydrogens is 266 g/mol. The van der Waals surface area contributed by atoms with E-state index in [0.717, 1.165) is 37.6 Å². The number of aromatic amines is 1. The zero-order valence-corrected chi connectivity index (χ0v) is 12.3. The predicted molar refractivity (Wildman–Crippen MR) is 80.4 cm³/mol. The lowest BCUT2D eigenvalue weighted by Gasteiger charge is -2.36. The molecule has 1 N–H and O–H groups in total.